The lowest BCUT2D eigenvalue weighted by atomic mass is 10.1. The summed E-state index contributed by atoms with van der Waals surface area (Å²) in [5.74, 6) is 1.06. The van der Waals surface area contributed by atoms with Gasteiger partial charge in [0.1, 0.15) is 11.5 Å². The van der Waals surface area contributed by atoms with Gasteiger partial charge in [-0.1, -0.05) is 18.5 Å². The van der Waals surface area contributed by atoms with Crippen molar-refractivity contribution in [1.82, 2.24) is 0 Å². The number of aryl methyl sites for hydroxylation is 1. The van der Waals surface area contributed by atoms with Crippen molar-refractivity contribution in [2.75, 3.05) is 0 Å². The van der Waals surface area contributed by atoms with Gasteiger partial charge in [-0.15, -0.1) is 0 Å². The van der Waals surface area contributed by atoms with E-state index in [1.165, 1.54) is 6.07 Å². The van der Waals surface area contributed by atoms with Crippen molar-refractivity contribution in [3.63, 3.8) is 0 Å². The van der Waals surface area contributed by atoms with E-state index in [4.69, 9.17) is 16.0 Å². The highest BCUT2D eigenvalue weighted by Gasteiger charge is 2.31. The second-order valence-corrected chi connectivity index (χ2v) is 4.22. The van der Waals surface area contributed by atoms with Crippen LogP contribution in [0.15, 0.2) is 34.7 Å². The predicted octanol–water partition coefficient (Wildman–Crippen LogP) is 5.18. The van der Waals surface area contributed by atoms with Crippen LogP contribution in [0.25, 0.3) is 11.3 Å². The van der Waals surface area contributed by atoms with Gasteiger partial charge in [0, 0.05) is 12.0 Å². The van der Waals surface area contributed by atoms with Gasteiger partial charge in [0.05, 0.1) is 10.6 Å². The first-order chi connectivity index (χ1) is 8.41. The van der Waals surface area contributed by atoms with Gasteiger partial charge in [-0.2, -0.15) is 13.2 Å². The van der Waals surface area contributed by atoms with E-state index in [9.17, 15) is 13.2 Å². The highest BCUT2D eigenvalue weighted by molar-refractivity contribution is 6.33. The van der Waals surface area contributed by atoms with Gasteiger partial charge in [-0.25, -0.2) is 0 Å². The molecule has 0 saturated carbocycles. The molecule has 1 aromatic carbocycles. The zero-order valence-corrected chi connectivity index (χ0v) is 10.3. The maximum absolute atomic E-state index is 12.6. The minimum Gasteiger partial charge on any atom is -0.461 e. The van der Waals surface area contributed by atoms with Gasteiger partial charge >= 0.3 is 6.18 Å². The van der Waals surface area contributed by atoms with E-state index in [1.54, 1.807) is 12.1 Å². The molecule has 0 unspecified atom stereocenters. The highest BCUT2D eigenvalue weighted by Crippen LogP contribution is 2.36. The van der Waals surface area contributed by atoms with E-state index >= 15 is 0 Å². The molecule has 0 amide bonds. The largest absolute Gasteiger partial charge is 0.461 e. The zero-order chi connectivity index (χ0) is 13.3. The molecule has 1 aromatic heterocycles. The Hall–Kier alpha value is -1.42. The van der Waals surface area contributed by atoms with Crippen molar-refractivity contribution in [2.45, 2.75) is 19.5 Å². The van der Waals surface area contributed by atoms with E-state index in [0.717, 1.165) is 12.1 Å². The molecule has 0 aliphatic heterocycles. The number of benzene rings is 1. The number of rotatable bonds is 2. The number of halogens is 4. The van der Waals surface area contributed by atoms with Gasteiger partial charge in [-0.3, -0.25) is 0 Å². The number of furan rings is 1. The minimum absolute atomic E-state index is 0.236. The van der Waals surface area contributed by atoms with Crippen LogP contribution in [0.5, 0.6) is 0 Å². The topological polar surface area (TPSA) is 13.1 Å². The summed E-state index contributed by atoms with van der Waals surface area (Å²) in [6.07, 6.45) is -3.71. The Balaban J connectivity index is 2.49. The molecule has 96 valence electrons. The van der Waals surface area contributed by atoms with Crippen molar-refractivity contribution >= 4 is 11.6 Å². The first kappa shape index (κ1) is 13.0. The van der Waals surface area contributed by atoms with Crippen LogP contribution in [0.4, 0.5) is 13.2 Å². The SMILES string of the molecule is CCc1ccc(-c2cc(C(F)(F)F)ccc2Cl)o1. The minimum atomic E-state index is -4.39. The van der Waals surface area contributed by atoms with Crippen LogP contribution in [-0.2, 0) is 12.6 Å². The smallest absolute Gasteiger partial charge is 0.416 e. The Labute approximate surface area is 107 Å². The maximum Gasteiger partial charge on any atom is 0.416 e. The highest BCUT2D eigenvalue weighted by atomic mass is 35.5. The standard InChI is InChI=1S/C13H10ClF3O/c1-2-9-4-6-12(18-9)10-7-8(13(15,16)17)3-5-11(10)14/h3-7H,2H2,1H3. The summed E-state index contributed by atoms with van der Waals surface area (Å²) in [5, 5.41) is 0.236. The maximum atomic E-state index is 12.6. The monoisotopic (exact) mass is 274 g/mol. The van der Waals surface area contributed by atoms with Crippen molar-refractivity contribution in [1.29, 1.82) is 0 Å². The molecule has 0 aliphatic rings. The van der Waals surface area contributed by atoms with E-state index < -0.39 is 11.7 Å². The molecule has 0 aliphatic carbocycles. The lowest BCUT2D eigenvalue weighted by Crippen LogP contribution is -2.04. The van der Waals surface area contributed by atoms with Gasteiger partial charge in [0.15, 0.2) is 0 Å². The van der Waals surface area contributed by atoms with E-state index in [1.807, 2.05) is 6.92 Å². The van der Waals surface area contributed by atoms with Gasteiger partial charge in [-0.05, 0) is 30.3 Å². The lowest BCUT2D eigenvalue weighted by Gasteiger charge is -2.09. The van der Waals surface area contributed by atoms with Crippen molar-refractivity contribution in [2.24, 2.45) is 0 Å². The Kier molecular flexibility index (Phi) is 3.39. The third-order valence-corrected chi connectivity index (χ3v) is 2.90. The molecule has 5 heteroatoms. The summed E-state index contributed by atoms with van der Waals surface area (Å²) in [6, 6.07) is 6.54. The van der Waals surface area contributed by atoms with E-state index in [-0.39, 0.29) is 10.6 Å². The molecule has 1 nitrogen and oxygen atoms in total. The summed E-state index contributed by atoms with van der Waals surface area (Å²) in [5.41, 5.74) is -0.484. The van der Waals surface area contributed by atoms with Crippen molar-refractivity contribution < 1.29 is 17.6 Å². The molecule has 0 N–H and O–H groups in total. The Morgan fingerprint density at radius 2 is 1.89 bits per heavy atom. The fourth-order valence-electron chi connectivity index (χ4n) is 1.60. The van der Waals surface area contributed by atoms with E-state index in [0.29, 0.717) is 17.9 Å². The normalized spacial score (nSPS) is 11.8. The molecule has 0 saturated heterocycles. The number of hydrogen-bond acceptors (Lipinski definition) is 1. The van der Waals surface area contributed by atoms with Crippen LogP contribution in [0.1, 0.15) is 18.2 Å². The first-order valence-corrected chi connectivity index (χ1v) is 5.75. The zero-order valence-electron chi connectivity index (χ0n) is 9.51. The van der Waals surface area contributed by atoms with Crippen LogP contribution in [0.3, 0.4) is 0 Å². The first-order valence-electron chi connectivity index (χ1n) is 5.37. The summed E-state index contributed by atoms with van der Waals surface area (Å²) in [4.78, 5) is 0. The second kappa shape index (κ2) is 4.69. The predicted molar refractivity (Wildman–Crippen MR) is 63.5 cm³/mol. The van der Waals surface area contributed by atoms with Crippen LogP contribution < -0.4 is 0 Å². The van der Waals surface area contributed by atoms with Crippen LogP contribution in [-0.4, -0.2) is 0 Å². The third-order valence-electron chi connectivity index (χ3n) is 2.57. The van der Waals surface area contributed by atoms with E-state index in [2.05, 4.69) is 0 Å². The average Bonchev–Trinajstić information content (AvgIpc) is 2.76. The molecule has 2 rings (SSSR count). The lowest BCUT2D eigenvalue weighted by molar-refractivity contribution is -0.137. The van der Waals surface area contributed by atoms with Crippen molar-refractivity contribution in [3.8, 4) is 11.3 Å². The van der Waals surface area contributed by atoms with Crippen molar-refractivity contribution in [3.05, 3.63) is 46.7 Å². The van der Waals surface area contributed by atoms with Crippen LogP contribution in [0.2, 0.25) is 5.02 Å². The quantitative estimate of drug-likeness (QED) is 0.735. The summed E-state index contributed by atoms with van der Waals surface area (Å²) in [6.45, 7) is 1.90. The summed E-state index contributed by atoms with van der Waals surface area (Å²) < 4.78 is 43.3. The Morgan fingerprint density at radius 3 is 2.44 bits per heavy atom. The van der Waals surface area contributed by atoms with Gasteiger partial charge in [0.25, 0.3) is 0 Å². The second-order valence-electron chi connectivity index (χ2n) is 3.81. The Morgan fingerprint density at radius 1 is 1.17 bits per heavy atom. The fraction of sp³-hybridized carbons (Fsp3) is 0.231. The van der Waals surface area contributed by atoms with Gasteiger partial charge in [0.2, 0.25) is 0 Å². The van der Waals surface area contributed by atoms with Crippen LogP contribution in [0, 0.1) is 0 Å². The summed E-state index contributed by atoms with van der Waals surface area (Å²) in [7, 11) is 0. The Bertz CT molecular complexity index is 558. The molecule has 2 aromatic rings. The third kappa shape index (κ3) is 2.53. The van der Waals surface area contributed by atoms with Crippen LogP contribution >= 0.6 is 11.6 Å². The molecule has 0 spiro atoms. The molecule has 1 heterocycles. The molecular formula is C13H10ClF3O. The molecular weight excluding hydrogens is 265 g/mol. The molecule has 0 radical (unpaired) electrons. The molecule has 0 atom stereocenters. The summed E-state index contributed by atoms with van der Waals surface area (Å²) >= 11 is 5.91. The molecule has 0 fully saturated rings. The number of hydrogen-bond donors (Lipinski definition) is 0. The molecule has 0 bridgehead atoms. The fourth-order valence-corrected chi connectivity index (χ4v) is 1.81. The van der Waals surface area contributed by atoms with Gasteiger partial charge < -0.3 is 4.42 Å². The molecule has 18 heavy (non-hydrogen) atoms. The average molecular weight is 275 g/mol. The number of alkyl halides is 3.